The number of carbonyl (C=O) groups excluding carboxylic acids is 1. The maximum Gasteiger partial charge on any atom is 0.305 e. The van der Waals surface area contributed by atoms with E-state index in [4.69, 9.17) is 4.74 Å². The number of aliphatic hydroxyl groups excluding tert-OH is 1. The van der Waals surface area contributed by atoms with E-state index in [1.165, 1.54) is 7.11 Å². The molecular weight excluding hydrogens is 244 g/mol. The summed E-state index contributed by atoms with van der Waals surface area (Å²) in [7, 11) is 1.42. The second kappa shape index (κ2) is 7.06. The van der Waals surface area contributed by atoms with E-state index in [9.17, 15) is 9.90 Å². The van der Waals surface area contributed by atoms with Crippen molar-refractivity contribution in [1.82, 2.24) is 0 Å². The number of hydrogen-bond donors (Lipinski definition) is 1. The molecular formula is C15H24O4. The van der Waals surface area contributed by atoms with Gasteiger partial charge < -0.3 is 14.6 Å². The first-order valence-corrected chi connectivity index (χ1v) is 7.24. The van der Waals surface area contributed by atoms with Crippen LogP contribution in [0.25, 0.3) is 0 Å². The number of ether oxygens (including phenoxy) is 2. The minimum absolute atomic E-state index is 0.143. The largest absolute Gasteiger partial charge is 0.469 e. The van der Waals surface area contributed by atoms with Crippen LogP contribution in [0.2, 0.25) is 0 Å². The molecule has 4 atom stereocenters. The van der Waals surface area contributed by atoms with Crippen LogP contribution in [-0.4, -0.2) is 37.0 Å². The first-order valence-electron chi connectivity index (χ1n) is 7.24. The van der Waals surface area contributed by atoms with Crippen molar-refractivity contribution in [1.29, 1.82) is 0 Å². The molecule has 19 heavy (non-hydrogen) atoms. The molecule has 0 aromatic rings. The Labute approximate surface area is 114 Å². The molecule has 2 fully saturated rings. The molecule has 4 nitrogen and oxygen atoms in total. The molecule has 0 saturated carbocycles. The average molecular weight is 268 g/mol. The summed E-state index contributed by atoms with van der Waals surface area (Å²) in [6, 6.07) is 0. The highest BCUT2D eigenvalue weighted by Gasteiger charge is 2.47. The van der Waals surface area contributed by atoms with Gasteiger partial charge in [-0.3, -0.25) is 4.79 Å². The molecule has 2 aliphatic rings. The molecule has 2 aliphatic heterocycles. The van der Waals surface area contributed by atoms with Gasteiger partial charge in [0.15, 0.2) is 0 Å². The number of fused-ring (bicyclic) bond motifs is 2. The quantitative estimate of drug-likeness (QED) is 0.436. The lowest BCUT2D eigenvalue weighted by atomic mass is 9.78. The molecule has 0 aromatic heterocycles. The van der Waals surface area contributed by atoms with Crippen LogP contribution >= 0.6 is 0 Å². The Bertz CT molecular complexity index is 326. The number of rotatable bonds is 7. The highest BCUT2D eigenvalue weighted by molar-refractivity contribution is 5.68. The first kappa shape index (κ1) is 14.5. The number of methoxy groups -OCH3 is 1. The minimum Gasteiger partial charge on any atom is -0.469 e. The van der Waals surface area contributed by atoms with Crippen molar-refractivity contribution in [3.8, 4) is 0 Å². The van der Waals surface area contributed by atoms with Gasteiger partial charge >= 0.3 is 5.97 Å². The van der Waals surface area contributed by atoms with E-state index in [0.29, 0.717) is 24.4 Å². The zero-order valence-electron chi connectivity index (χ0n) is 11.6. The van der Waals surface area contributed by atoms with E-state index < -0.39 is 0 Å². The van der Waals surface area contributed by atoms with Crippen molar-refractivity contribution in [3.63, 3.8) is 0 Å². The predicted octanol–water partition coefficient (Wildman–Crippen LogP) is 2.06. The summed E-state index contributed by atoms with van der Waals surface area (Å²) < 4.78 is 10.5. The maximum absolute atomic E-state index is 10.9. The summed E-state index contributed by atoms with van der Waals surface area (Å²) in [6.45, 7) is 0.238. The van der Waals surface area contributed by atoms with Crippen LogP contribution in [0.5, 0.6) is 0 Å². The summed E-state index contributed by atoms with van der Waals surface area (Å²) >= 11 is 0. The third-order valence-electron chi connectivity index (χ3n) is 4.36. The van der Waals surface area contributed by atoms with Crippen molar-refractivity contribution >= 4 is 5.97 Å². The van der Waals surface area contributed by atoms with Gasteiger partial charge in [0.1, 0.15) is 0 Å². The molecule has 0 aromatic carbocycles. The van der Waals surface area contributed by atoms with Crippen LogP contribution in [0.1, 0.15) is 38.5 Å². The second-order valence-electron chi connectivity index (χ2n) is 5.48. The van der Waals surface area contributed by atoms with Gasteiger partial charge in [-0.05, 0) is 38.0 Å². The van der Waals surface area contributed by atoms with Crippen LogP contribution in [0.4, 0.5) is 0 Å². The smallest absolute Gasteiger partial charge is 0.305 e. The number of allylic oxidation sites excluding steroid dienone is 2. The summed E-state index contributed by atoms with van der Waals surface area (Å²) in [5.41, 5.74) is 0. The van der Waals surface area contributed by atoms with Gasteiger partial charge in [-0.25, -0.2) is 0 Å². The van der Waals surface area contributed by atoms with Crippen molar-refractivity contribution < 1.29 is 19.4 Å². The lowest BCUT2D eigenvalue weighted by Gasteiger charge is -2.25. The molecule has 2 rings (SSSR count). The molecule has 0 amide bonds. The number of carbonyl (C=O) groups is 1. The summed E-state index contributed by atoms with van der Waals surface area (Å²) in [4.78, 5) is 10.9. The third kappa shape index (κ3) is 3.57. The van der Waals surface area contributed by atoms with E-state index in [1.54, 1.807) is 0 Å². The predicted molar refractivity (Wildman–Crippen MR) is 71.6 cm³/mol. The number of aliphatic hydroxyl groups is 1. The molecule has 0 aliphatic carbocycles. The monoisotopic (exact) mass is 268 g/mol. The topological polar surface area (TPSA) is 55.8 Å². The fourth-order valence-electron chi connectivity index (χ4n) is 3.29. The molecule has 2 bridgehead atoms. The summed E-state index contributed by atoms with van der Waals surface area (Å²) in [5, 5.41) is 9.43. The van der Waals surface area contributed by atoms with E-state index in [-0.39, 0.29) is 18.7 Å². The van der Waals surface area contributed by atoms with Gasteiger partial charge in [-0.1, -0.05) is 12.2 Å². The van der Waals surface area contributed by atoms with E-state index in [2.05, 4.69) is 16.9 Å². The normalized spacial score (nSPS) is 33.2. The summed E-state index contributed by atoms with van der Waals surface area (Å²) in [6.07, 6.45) is 10.4. The van der Waals surface area contributed by atoms with Crippen molar-refractivity contribution in [3.05, 3.63) is 12.2 Å². The van der Waals surface area contributed by atoms with Gasteiger partial charge in [0.25, 0.3) is 0 Å². The maximum atomic E-state index is 10.9. The van der Waals surface area contributed by atoms with Crippen LogP contribution in [-0.2, 0) is 14.3 Å². The highest BCUT2D eigenvalue weighted by Crippen LogP contribution is 2.44. The Morgan fingerprint density at radius 3 is 2.74 bits per heavy atom. The lowest BCUT2D eigenvalue weighted by Crippen LogP contribution is -2.29. The molecule has 0 radical (unpaired) electrons. The summed E-state index contributed by atoms with van der Waals surface area (Å²) in [5.74, 6) is 0.648. The van der Waals surface area contributed by atoms with Crippen molar-refractivity contribution in [2.24, 2.45) is 11.8 Å². The van der Waals surface area contributed by atoms with E-state index in [0.717, 1.165) is 32.1 Å². The van der Waals surface area contributed by atoms with Gasteiger partial charge in [-0.15, -0.1) is 0 Å². The van der Waals surface area contributed by atoms with Crippen LogP contribution in [0, 0.1) is 11.8 Å². The Hall–Kier alpha value is -0.870. The van der Waals surface area contributed by atoms with Gasteiger partial charge in [0.2, 0.25) is 0 Å². The molecule has 108 valence electrons. The zero-order chi connectivity index (χ0) is 13.7. The van der Waals surface area contributed by atoms with Gasteiger partial charge in [0.05, 0.1) is 19.3 Å². The lowest BCUT2D eigenvalue weighted by molar-refractivity contribution is -0.140. The van der Waals surface area contributed by atoms with Crippen LogP contribution in [0.3, 0.4) is 0 Å². The average Bonchev–Trinajstić information content (AvgIpc) is 3.02. The Kier molecular flexibility index (Phi) is 5.40. The Balaban J connectivity index is 1.66. The molecule has 0 unspecified atom stereocenters. The minimum atomic E-state index is -0.143. The van der Waals surface area contributed by atoms with E-state index in [1.807, 2.05) is 0 Å². The number of unbranched alkanes of at least 4 members (excludes halogenated alkanes) is 1. The fourth-order valence-corrected chi connectivity index (χ4v) is 3.29. The third-order valence-corrected chi connectivity index (χ3v) is 4.36. The standard InChI is InChI=1S/C15H24O4/c1-18-15(17)7-5-3-2-4-6-11-12(10-16)14-9-8-13(11)19-14/h2,4,11-14,16H,3,5-10H2,1H3/t11-,12+,13-,14+/m1/s1. The molecule has 2 heterocycles. The second-order valence-corrected chi connectivity index (χ2v) is 5.48. The zero-order valence-corrected chi connectivity index (χ0v) is 11.6. The van der Waals surface area contributed by atoms with Gasteiger partial charge in [0, 0.05) is 18.9 Å². The molecule has 1 N–H and O–H groups in total. The number of hydrogen-bond acceptors (Lipinski definition) is 4. The SMILES string of the molecule is COC(=O)CCCC=CC[C@@H]1[C@H](CO)[C@@H]2CC[C@H]1O2. The van der Waals surface area contributed by atoms with Gasteiger partial charge in [-0.2, -0.15) is 0 Å². The van der Waals surface area contributed by atoms with Crippen molar-refractivity contribution in [2.45, 2.75) is 50.7 Å². The fraction of sp³-hybridized carbons (Fsp3) is 0.800. The van der Waals surface area contributed by atoms with Crippen molar-refractivity contribution in [2.75, 3.05) is 13.7 Å². The first-order chi connectivity index (χ1) is 9.26. The van der Waals surface area contributed by atoms with E-state index >= 15 is 0 Å². The highest BCUT2D eigenvalue weighted by atomic mass is 16.5. The van der Waals surface area contributed by atoms with Crippen LogP contribution < -0.4 is 0 Å². The Morgan fingerprint density at radius 1 is 1.32 bits per heavy atom. The van der Waals surface area contributed by atoms with Crippen LogP contribution in [0.15, 0.2) is 12.2 Å². The molecule has 0 spiro atoms. The number of esters is 1. The molecule has 4 heteroatoms. The molecule has 2 saturated heterocycles. The Morgan fingerprint density at radius 2 is 2.05 bits per heavy atom.